The van der Waals surface area contributed by atoms with E-state index in [1.165, 1.54) is 13.8 Å². The highest BCUT2D eigenvalue weighted by molar-refractivity contribution is 5.85. The standard InChI is InChI=1S/C12H21NO5/c1-6-10(13-9(5)14)12(16)18-8(4)11(15)17-7(2)3/h7-8,10H,6H2,1-5H3,(H,13,14). The minimum absolute atomic E-state index is 0.268. The summed E-state index contributed by atoms with van der Waals surface area (Å²) in [7, 11) is 0. The van der Waals surface area contributed by atoms with Crippen molar-refractivity contribution in [3.8, 4) is 0 Å². The van der Waals surface area contributed by atoms with Gasteiger partial charge in [-0.15, -0.1) is 0 Å². The summed E-state index contributed by atoms with van der Waals surface area (Å²) in [5.41, 5.74) is 0. The van der Waals surface area contributed by atoms with Gasteiger partial charge in [0.2, 0.25) is 5.91 Å². The van der Waals surface area contributed by atoms with Gasteiger partial charge in [0.05, 0.1) is 6.10 Å². The molecule has 0 aromatic carbocycles. The van der Waals surface area contributed by atoms with Crippen LogP contribution in [0.3, 0.4) is 0 Å². The first kappa shape index (κ1) is 16.4. The number of rotatable bonds is 6. The molecule has 18 heavy (non-hydrogen) atoms. The highest BCUT2D eigenvalue weighted by atomic mass is 16.6. The van der Waals surface area contributed by atoms with E-state index in [9.17, 15) is 14.4 Å². The van der Waals surface area contributed by atoms with Crippen molar-refractivity contribution < 1.29 is 23.9 Å². The van der Waals surface area contributed by atoms with Gasteiger partial charge in [-0.1, -0.05) is 6.92 Å². The molecule has 0 aromatic rings. The maximum atomic E-state index is 11.7. The summed E-state index contributed by atoms with van der Waals surface area (Å²) in [4.78, 5) is 34.0. The summed E-state index contributed by atoms with van der Waals surface area (Å²) in [5, 5.41) is 2.45. The first-order valence-electron chi connectivity index (χ1n) is 5.96. The lowest BCUT2D eigenvalue weighted by atomic mass is 10.2. The number of carbonyl (C=O) groups is 3. The van der Waals surface area contributed by atoms with Crippen LogP contribution in [0.5, 0.6) is 0 Å². The van der Waals surface area contributed by atoms with E-state index in [0.717, 1.165) is 0 Å². The van der Waals surface area contributed by atoms with Crippen LogP contribution in [0.25, 0.3) is 0 Å². The van der Waals surface area contributed by atoms with E-state index in [1.807, 2.05) is 0 Å². The van der Waals surface area contributed by atoms with E-state index in [1.54, 1.807) is 20.8 Å². The van der Waals surface area contributed by atoms with Crippen molar-refractivity contribution in [2.45, 2.75) is 59.3 Å². The molecule has 0 aliphatic heterocycles. The quantitative estimate of drug-likeness (QED) is 0.713. The Morgan fingerprint density at radius 2 is 1.61 bits per heavy atom. The lowest BCUT2D eigenvalue weighted by Crippen LogP contribution is -2.42. The minimum atomic E-state index is -0.984. The van der Waals surface area contributed by atoms with Crippen LogP contribution < -0.4 is 5.32 Å². The molecule has 0 radical (unpaired) electrons. The van der Waals surface area contributed by atoms with Gasteiger partial charge in [-0.25, -0.2) is 9.59 Å². The van der Waals surface area contributed by atoms with Gasteiger partial charge in [0, 0.05) is 6.92 Å². The summed E-state index contributed by atoms with van der Waals surface area (Å²) in [6.45, 7) is 7.89. The van der Waals surface area contributed by atoms with E-state index in [4.69, 9.17) is 9.47 Å². The van der Waals surface area contributed by atoms with Gasteiger partial charge >= 0.3 is 11.9 Å². The minimum Gasteiger partial charge on any atom is -0.460 e. The van der Waals surface area contributed by atoms with Crippen LogP contribution in [0.1, 0.15) is 41.0 Å². The number of amides is 1. The molecule has 0 rings (SSSR count). The average Bonchev–Trinajstić information content (AvgIpc) is 2.24. The second kappa shape index (κ2) is 7.68. The van der Waals surface area contributed by atoms with Gasteiger partial charge in [-0.3, -0.25) is 4.79 Å². The largest absolute Gasteiger partial charge is 0.460 e. The molecule has 0 spiro atoms. The molecule has 0 aromatic heterocycles. The van der Waals surface area contributed by atoms with Gasteiger partial charge in [-0.2, -0.15) is 0 Å². The molecule has 0 aliphatic carbocycles. The van der Waals surface area contributed by atoms with E-state index in [2.05, 4.69) is 5.32 Å². The highest BCUT2D eigenvalue weighted by Crippen LogP contribution is 2.03. The second-order valence-electron chi connectivity index (χ2n) is 4.23. The molecule has 0 aliphatic rings. The number of ether oxygens (including phenoxy) is 2. The molecule has 6 heteroatoms. The molecule has 2 unspecified atom stereocenters. The molecular weight excluding hydrogens is 238 g/mol. The van der Waals surface area contributed by atoms with E-state index >= 15 is 0 Å². The summed E-state index contributed by atoms with van der Waals surface area (Å²) in [5.74, 6) is -1.56. The lowest BCUT2D eigenvalue weighted by Gasteiger charge is -2.19. The summed E-state index contributed by atoms with van der Waals surface area (Å²) < 4.78 is 9.84. The van der Waals surface area contributed by atoms with Crippen LogP contribution in [0.4, 0.5) is 0 Å². The Hall–Kier alpha value is -1.59. The van der Waals surface area contributed by atoms with Crippen LogP contribution in [0.2, 0.25) is 0 Å². The average molecular weight is 259 g/mol. The zero-order chi connectivity index (χ0) is 14.3. The van der Waals surface area contributed by atoms with Crippen molar-refractivity contribution in [3.63, 3.8) is 0 Å². The molecule has 0 heterocycles. The Kier molecular flexibility index (Phi) is 7.00. The number of nitrogens with one attached hydrogen (secondary N) is 1. The second-order valence-corrected chi connectivity index (χ2v) is 4.23. The zero-order valence-corrected chi connectivity index (χ0v) is 11.5. The Morgan fingerprint density at radius 1 is 1.06 bits per heavy atom. The molecule has 1 N–H and O–H groups in total. The number of esters is 2. The fourth-order valence-corrected chi connectivity index (χ4v) is 1.21. The van der Waals surface area contributed by atoms with Gasteiger partial charge in [0.1, 0.15) is 6.04 Å². The zero-order valence-electron chi connectivity index (χ0n) is 11.5. The third kappa shape index (κ3) is 6.22. The number of hydrogen-bond donors (Lipinski definition) is 1. The molecule has 104 valence electrons. The maximum absolute atomic E-state index is 11.7. The Morgan fingerprint density at radius 3 is 2.00 bits per heavy atom. The van der Waals surface area contributed by atoms with E-state index < -0.39 is 24.1 Å². The molecule has 2 atom stereocenters. The number of carbonyl (C=O) groups excluding carboxylic acids is 3. The Labute approximate surface area is 107 Å². The predicted molar refractivity (Wildman–Crippen MR) is 64.7 cm³/mol. The normalized spacial score (nSPS) is 13.7. The monoisotopic (exact) mass is 259 g/mol. The van der Waals surface area contributed by atoms with Crippen molar-refractivity contribution in [3.05, 3.63) is 0 Å². The SMILES string of the molecule is CCC(NC(C)=O)C(=O)OC(C)C(=O)OC(C)C. The summed E-state index contributed by atoms with van der Waals surface area (Å²) in [6.07, 6.45) is -0.858. The van der Waals surface area contributed by atoms with Crippen molar-refractivity contribution in [1.82, 2.24) is 5.32 Å². The lowest BCUT2D eigenvalue weighted by molar-refractivity contribution is -0.170. The third-order valence-corrected chi connectivity index (χ3v) is 2.05. The maximum Gasteiger partial charge on any atom is 0.347 e. The van der Waals surface area contributed by atoms with Gasteiger partial charge in [0.15, 0.2) is 6.10 Å². The van der Waals surface area contributed by atoms with Gasteiger partial charge in [0.25, 0.3) is 0 Å². The third-order valence-electron chi connectivity index (χ3n) is 2.05. The summed E-state index contributed by atoms with van der Waals surface area (Å²) >= 11 is 0. The van der Waals surface area contributed by atoms with E-state index in [0.29, 0.717) is 6.42 Å². The first-order chi connectivity index (χ1) is 8.27. The van der Waals surface area contributed by atoms with Crippen molar-refractivity contribution in [2.24, 2.45) is 0 Å². The molecule has 6 nitrogen and oxygen atoms in total. The van der Waals surface area contributed by atoms with Crippen LogP contribution in [-0.2, 0) is 23.9 Å². The van der Waals surface area contributed by atoms with Crippen LogP contribution in [0, 0.1) is 0 Å². The predicted octanol–water partition coefficient (Wildman–Crippen LogP) is 0.784. The molecule has 0 saturated carbocycles. The number of hydrogen-bond acceptors (Lipinski definition) is 5. The Balaban J connectivity index is 4.35. The molecule has 0 saturated heterocycles. The van der Waals surface area contributed by atoms with Crippen LogP contribution >= 0.6 is 0 Å². The topological polar surface area (TPSA) is 81.7 Å². The smallest absolute Gasteiger partial charge is 0.347 e. The van der Waals surface area contributed by atoms with E-state index in [-0.39, 0.29) is 12.0 Å². The van der Waals surface area contributed by atoms with Crippen molar-refractivity contribution >= 4 is 17.8 Å². The molecular formula is C12H21NO5. The highest BCUT2D eigenvalue weighted by Gasteiger charge is 2.25. The van der Waals surface area contributed by atoms with Crippen molar-refractivity contribution in [2.75, 3.05) is 0 Å². The van der Waals surface area contributed by atoms with Crippen LogP contribution in [0.15, 0.2) is 0 Å². The van der Waals surface area contributed by atoms with Gasteiger partial charge < -0.3 is 14.8 Å². The fraction of sp³-hybridized carbons (Fsp3) is 0.750. The molecule has 1 amide bonds. The Bertz CT molecular complexity index is 314. The molecule has 0 bridgehead atoms. The molecule has 0 fully saturated rings. The van der Waals surface area contributed by atoms with Gasteiger partial charge in [-0.05, 0) is 27.2 Å². The first-order valence-corrected chi connectivity index (χ1v) is 5.96. The van der Waals surface area contributed by atoms with Crippen LogP contribution in [-0.4, -0.2) is 36.1 Å². The summed E-state index contributed by atoms with van der Waals surface area (Å²) in [6, 6.07) is -0.739. The van der Waals surface area contributed by atoms with Crippen molar-refractivity contribution in [1.29, 1.82) is 0 Å². The fourth-order valence-electron chi connectivity index (χ4n) is 1.21.